The monoisotopic (exact) mass is 1360 g/mol. The van der Waals surface area contributed by atoms with Gasteiger partial charge in [0, 0.05) is 55.9 Å². The molecule has 0 bridgehead atoms. The Hall–Kier alpha value is -6.59. The maximum absolute atomic E-state index is 15.2. The van der Waals surface area contributed by atoms with Gasteiger partial charge in [0.2, 0.25) is 65.0 Å². The van der Waals surface area contributed by atoms with Crippen LogP contribution >= 0.6 is 0 Å². The third-order valence-electron chi connectivity index (χ3n) is 17.9. The average Bonchev–Trinajstić information content (AvgIpc) is 0.807. The molecule has 0 radical (unpaired) electrons. The molecular formula is C68H122N12O16. The Bertz CT molecular complexity index is 2630. The van der Waals surface area contributed by atoms with Gasteiger partial charge in [0.05, 0.1) is 50.7 Å². The summed E-state index contributed by atoms with van der Waals surface area (Å²) in [6.45, 7) is 24.8. The molecule has 0 spiro atoms. The smallest absolute Gasteiger partial charge is 0.246 e. The fourth-order valence-electron chi connectivity index (χ4n) is 11.5. The van der Waals surface area contributed by atoms with Crippen molar-refractivity contribution in [1.29, 1.82) is 0 Å². The highest BCUT2D eigenvalue weighted by Gasteiger charge is 2.46. The topological polar surface area (TPSA) is 361 Å². The molecule has 28 heteroatoms. The molecule has 0 aromatic carbocycles. The molecule has 1 fully saturated rings. The number of aliphatic hydroxyl groups is 4. The van der Waals surface area contributed by atoms with Gasteiger partial charge in [-0.05, 0) is 95.3 Å². The number of amides is 11. The van der Waals surface area contributed by atoms with E-state index in [0.29, 0.717) is 0 Å². The zero-order valence-corrected chi connectivity index (χ0v) is 61.8. The van der Waals surface area contributed by atoms with Crippen LogP contribution in [0.5, 0.6) is 0 Å². The molecular weight excluding hydrogens is 1240 g/mol. The SMILES string of the molecule is CC=CC[C@@H](C)[C@@H](O)[C@@H]1C(=O)N[C@@H](CC)C(=O)N(C)CC(=O)N(C)[C@@H]([C@@H](C)OCC=CCNC(CO)(CO)CO)C(=O)N[C@@H](C(C)C)C(=O)N(C)[C@@H](CC(C)C)C(=O)N[C@@H](C)C(=O)N[C@H](C)C(=O)N(C)[C@@H](CC(C)C)C(=O)N(C)[C@@H](CC(C)C)C(=O)N(C)[C@H](C(C)C)C(=O)N1C. The number of hydrogen-bond acceptors (Lipinski definition) is 17. The van der Waals surface area contributed by atoms with E-state index in [1.54, 1.807) is 72.8 Å². The van der Waals surface area contributed by atoms with Crippen molar-refractivity contribution >= 4 is 65.0 Å². The Labute approximate surface area is 571 Å². The van der Waals surface area contributed by atoms with E-state index < -0.39 is 187 Å². The number of likely N-dealkylation sites (N-methyl/N-ethyl adjacent to an activating group) is 7. The zero-order valence-electron chi connectivity index (χ0n) is 61.8. The first-order chi connectivity index (χ1) is 44.6. The predicted molar refractivity (Wildman–Crippen MR) is 366 cm³/mol. The molecule has 0 unspecified atom stereocenters. The van der Waals surface area contributed by atoms with Gasteiger partial charge in [-0.1, -0.05) is 107 Å². The summed E-state index contributed by atoms with van der Waals surface area (Å²) in [5.74, 6) is -10.7. The summed E-state index contributed by atoms with van der Waals surface area (Å²) >= 11 is 0. The normalized spacial score (nSPS) is 25.8. The van der Waals surface area contributed by atoms with Crippen molar-refractivity contribution in [3.05, 3.63) is 24.3 Å². The lowest BCUT2D eigenvalue weighted by atomic mass is 9.91. The molecule has 13 atom stereocenters. The Balaban J connectivity index is 4.40. The van der Waals surface area contributed by atoms with Gasteiger partial charge in [-0.2, -0.15) is 0 Å². The van der Waals surface area contributed by atoms with Crippen LogP contribution in [0.3, 0.4) is 0 Å². The van der Waals surface area contributed by atoms with Gasteiger partial charge in [-0.3, -0.25) is 52.7 Å². The molecule has 11 amide bonds. The first-order valence-electron chi connectivity index (χ1n) is 33.8. The largest absolute Gasteiger partial charge is 0.394 e. The summed E-state index contributed by atoms with van der Waals surface area (Å²) in [7, 11) is 9.61. The van der Waals surface area contributed by atoms with E-state index in [9.17, 15) is 58.8 Å². The maximum Gasteiger partial charge on any atom is 0.246 e. The summed E-state index contributed by atoms with van der Waals surface area (Å²) in [4.78, 5) is 170. The van der Waals surface area contributed by atoms with E-state index in [4.69, 9.17) is 4.74 Å². The molecule has 550 valence electrons. The van der Waals surface area contributed by atoms with Crippen LogP contribution in [0.2, 0.25) is 0 Å². The predicted octanol–water partition coefficient (Wildman–Crippen LogP) is 0.489. The molecule has 0 aliphatic carbocycles. The fraction of sp³-hybridized carbons (Fsp3) is 0.779. The number of nitrogens with zero attached hydrogens (tertiary/aromatic N) is 7. The third-order valence-corrected chi connectivity index (χ3v) is 17.9. The highest BCUT2D eigenvalue weighted by atomic mass is 16.5. The number of ether oxygens (including phenoxy) is 1. The Kier molecular flexibility index (Phi) is 37.3. The van der Waals surface area contributed by atoms with Gasteiger partial charge in [0.25, 0.3) is 0 Å². The minimum Gasteiger partial charge on any atom is -0.394 e. The van der Waals surface area contributed by atoms with E-state index in [2.05, 4.69) is 26.6 Å². The highest BCUT2D eigenvalue weighted by molar-refractivity contribution is 5.99. The first-order valence-corrected chi connectivity index (χ1v) is 33.8. The second-order valence-corrected chi connectivity index (χ2v) is 28.0. The van der Waals surface area contributed by atoms with Crippen LogP contribution in [0.4, 0.5) is 0 Å². The number of allylic oxidation sites excluding steroid dienone is 2. The Morgan fingerprint density at radius 2 is 0.990 bits per heavy atom. The van der Waals surface area contributed by atoms with Crippen molar-refractivity contribution in [2.75, 3.05) is 88.9 Å². The third kappa shape index (κ3) is 24.7. The van der Waals surface area contributed by atoms with Crippen LogP contribution < -0.4 is 26.6 Å². The number of carbonyl (C=O) groups excluding carboxylic acids is 11. The quantitative estimate of drug-likeness (QED) is 0.0629. The maximum atomic E-state index is 15.2. The van der Waals surface area contributed by atoms with E-state index in [1.807, 2.05) is 41.5 Å². The van der Waals surface area contributed by atoms with Crippen LogP contribution in [0.15, 0.2) is 24.3 Å². The fourth-order valence-corrected chi connectivity index (χ4v) is 11.5. The van der Waals surface area contributed by atoms with Crippen LogP contribution in [-0.4, -0.2) is 287 Å². The van der Waals surface area contributed by atoms with Gasteiger partial charge >= 0.3 is 0 Å². The summed E-state index contributed by atoms with van der Waals surface area (Å²) in [6, 6.07) is -13.3. The number of nitrogens with one attached hydrogen (secondary N) is 5. The van der Waals surface area contributed by atoms with E-state index in [-0.39, 0.29) is 63.0 Å². The first kappa shape index (κ1) is 87.4. The molecule has 1 aliphatic rings. The summed E-state index contributed by atoms with van der Waals surface area (Å²) in [5, 5.41) is 55.2. The van der Waals surface area contributed by atoms with Gasteiger partial charge in [0.15, 0.2) is 0 Å². The van der Waals surface area contributed by atoms with Crippen molar-refractivity contribution in [1.82, 2.24) is 60.9 Å². The van der Waals surface area contributed by atoms with Gasteiger partial charge in [-0.25, -0.2) is 0 Å². The Morgan fingerprint density at radius 3 is 1.47 bits per heavy atom. The second-order valence-electron chi connectivity index (χ2n) is 28.0. The number of carbonyl (C=O) groups is 11. The van der Waals surface area contributed by atoms with Crippen molar-refractivity contribution in [3.63, 3.8) is 0 Å². The van der Waals surface area contributed by atoms with Crippen molar-refractivity contribution in [3.8, 4) is 0 Å². The molecule has 1 heterocycles. The van der Waals surface area contributed by atoms with E-state index in [0.717, 1.165) is 14.7 Å². The minimum atomic E-state index is -1.67. The standard InChI is InChI=1S/C68H122N12O16/c1-24-26-29-44(13)57(85)56-61(89)72-48(25-2)63(91)74(17)35-52(84)78(21)55(47(16)96-31-28-27-30-69-68(36-81,37-82)38-83)60(88)73-53(42(9)10)66(94)75(18)49(32-39(3)4)59(87)70-45(14)58(86)71-46(15)62(90)76(19)50(33-40(5)6)64(92)77(20)51(34-41(7)8)65(93)79(22)54(43(11)12)67(95)80(56)23/h24,26-28,39-51,53-57,69,81-83,85H,25,29-38H2,1-23H3,(H,70,87)(H,71,86)(H,72,89)(H,73,88)/t44-,45+,46-,47-,48+,49+,50+,51+,53+,54-,55+,56-,57-/m1/s1. The number of rotatable bonds is 23. The minimum absolute atomic E-state index is 0.0450. The lowest BCUT2D eigenvalue weighted by molar-refractivity contribution is -0.157. The molecule has 0 saturated carbocycles. The molecule has 1 saturated heterocycles. The van der Waals surface area contributed by atoms with Crippen LogP contribution in [0.25, 0.3) is 0 Å². The van der Waals surface area contributed by atoms with Gasteiger partial charge < -0.3 is 86.0 Å². The highest BCUT2D eigenvalue weighted by Crippen LogP contribution is 2.26. The molecule has 28 nitrogen and oxygen atoms in total. The molecule has 0 aromatic rings. The van der Waals surface area contributed by atoms with Crippen LogP contribution in [0.1, 0.15) is 143 Å². The van der Waals surface area contributed by atoms with Crippen molar-refractivity contribution in [2.45, 2.75) is 221 Å². The Morgan fingerprint density at radius 1 is 0.521 bits per heavy atom. The van der Waals surface area contributed by atoms with Gasteiger partial charge in [-0.15, -0.1) is 0 Å². The second kappa shape index (κ2) is 41.0. The van der Waals surface area contributed by atoms with Crippen LogP contribution in [0, 0.1) is 35.5 Å². The lowest BCUT2D eigenvalue weighted by Gasteiger charge is -2.41. The summed E-state index contributed by atoms with van der Waals surface area (Å²) < 4.78 is 6.12. The van der Waals surface area contributed by atoms with Crippen LogP contribution in [-0.2, 0) is 57.5 Å². The average molecular weight is 1360 g/mol. The molecule has 96 heavy (non-hydrogen) atoms. The summed E-state index contributed by atoms with van der Waals surface area (Å²) in [6.07, 6.45) is 4.55. The molecule has 9 N–H and O–H groups in total. The summed E-state index contributed by atoms with van der Waals surface area (Å²) in [5.41, 5.74) is -1.38. The molecule has 1 rings (SSSR count). The zero-order chi connectivity index (χ0) is 74.1. The molecule has 0 aromatic heterocycles. The van der Waals surface area contributed by atoms with E-state index in [1.165, 1.54) is 89.7 Å². The van der Waals surface area contributed by atoms with Gasteiger partial charge in [0.1, 0.15) is 60.4 Å². The van der Waals surface area contributed by atoms with E-state index >= 15 is 14.4 Å². The lowest BCUT2D eigenvalue weighted by Crippen LogP contribution is -2.63. The number of hydrogen-bond donors (Lipinski definition) is 9. The van der Waals surface area contributed by atoms with Crippen molar-refractivity contribution in [2.24, 2.45) is 35.5 Å². The van der Waals surface area contributed by atoms with Crippen molar-refractivity contribution < 1.29 is 77.9 Å². The number of aliphatic hydroxyl groups excluding tert-OH is 4. The molecule has 1 aliphatic heterocycles.